The number of likely N-dealkylation sites (tertiary alicyclic amines) is 1. The number of hydrogen-bond acceptors (Lipinski definition) is 4. The van der Waals surface area contributed by atoms with Gasteiger partial charge in [-0.1, -0.05) is 0 Å². The zero-order valence-electron chi connectivity index (χ0n) is 10.6. The predicted octanol–water partition coefficient (Wildman–Crippen LogP) is -0.863. The number of aliphatic carboxylic acids is 1. The molecule has 8 nitrogen and oxygen atoms in total. The van der Waals surface area contributed by atoms with Crippen LogP contribution in [0.2, 0.25) is 0 Å². The van der Waals surface area contributed by atoms with Crippen LogP contribution in [0.15, 0.2) is 0 Å². The number of carboxylic acids is 1. The lowest BCUT2D eigenvalue weighted by molar-refractivity contribution is -0.138. The molecule has 4 N–H and O–H groups in total. The number of hydrogen-bond donors (Lipinski definition) is 3. The lowest BCUT2D eigenvalue weighted by Gasteiger charge is -2.23. The number of primary amides is 1. The smallest absolute Gasteiger partial charge is 0.317 e. The molecule has 0 radical (unpaired) electrons. The Labute approximate surface area is 110 Å². The number of carbonyl (C=O) groups is 3. The van der Waals surface area contributed by atoms with Gasteiger partial charge in [0, 0.05) is 19.1 Å². The van der Waals surface area contributed by atoms with E-state index in [4.69, 9.17) is 15.6 Å². The van der Waals surface area contributed by atoms with E-state index in [-0.39, 0.29) is 38.3 Å². The summed E-state index contributed by atoms with van der Waals surface area (Å²) in [6.07, 6.45) is 1.48. The number of ether oxygens (including phenoxy) is 1. The third-order valence-electron chi connectivity index (χ3n) is 2.82. The van der Waals surface area contributed by atoms with Crippen LogP contribution < -0.4 is 11.1 Å². The van der Waals surface area contributed by atoms with E-state index < -0.39 is 11.9 Å². The third kappa shape index (κ3) is 5.56. The van der Waals surface area contributed by atoms with Crippen LogP contribution in [0.4, 0.5) is 4.79 Å². The quantitative estimate of drug-likeness (QED) is 0.521. The molecule has 19 heavy (non-hydrogen) atoms. The fourth-order valence-electron chi connectivity index (χ4n) is 2.02. The normalized spacial score (nSPS) is 18.3. The minimum atomic E-state index is -0.908. The van der Waals surface area contributed by atoms with E-state index in [0.717, 1.165) is 6.42 Å². The predicted molar refractivity (Wildman–Crippen MR) is 65.4 cm³/mol. The molecule has 1 unspecified atom stereocenters. The standard InChI is InChI=1S/C11H19N3O5/c12-9(15)7-19-5-3-13-11(18)14-4-1-2-8(14)6-10(16)17/h8H,1-7H2,(H2,12,15)(H,13,18)(H,16,17). The SMILES string of the molecule is NC(=O)COCCNC(=O)N1CCCC1CC(=O)O. The summed E-state index contributed by atoms with van der Waals surface area (Å²) in [6.45, 7) is 0.821. The van der Waals surface area contributed by atoms with Gasteiger partial charge in [-0.15, -0.1) is 0 Å². The van der Waals surface area contributed by atoms with Crippen LogP contribution in [0.1, 0.15) is 19.3 Å². The number of nitrogens with one attached hydrogen (secondary N) is 1. The van der Waals surface area contributed by atoms with E-state index in [2.05, 4.69) is 5.32 Å². The summed E-state index contributed by atoms with van der Waals surface area (Å²) in [6, 6.07) is -0.546. The number of nitrogens with two attached hydrogens (primary N) is 1. The van der Waals surface area contributed by atoms with Gasteiger partial charge in [-0.25, -0.2) is 4.79 Å². The molecular weight excluding hydrogens is 254 g/mol. The van der Waals surface area contributed by atoms with Crippen molar-refractivity contribution in [3.8, 4) is 0 Å². The molecule has 0 bridgehead atoms. The minimum absolute atomic E-state index is 0.0361. The molecule has 0 aromatic heterocycles. The van der Waals surface area contributed by atoms with Crippen LogP contribution in [-0.2, 0) is 14.3 Å². The number of carboxylic acid groups (broad SMARTS) is 1. The van der Waals surface area contributed by atoms with Crippen molar-refractivity contribution in [3.05, 3.63) is 0 Å². The molecule has 8 heteroatoms. The second-order valence-electron chi connectivity index (χ2n) is 4.34. The third-order valence-corrected chi connectivity index (χ3v) is 2.82. The Morgan fingerprint density at radius 3 is 2.79 bits per heavy atom. The molecule has 1 rings (SSSR count). The first-order valence-electron chi connectivity index (χ1n) is 6.13. The Kier molecular flexibility index (Phi) is 6.07. The van der Waals surface area contributed by atoms with Gasteiger partial charge in [0.2, 0.25) is 5.91 Å². The van der Waals surface area contributed by atoms with Gasteiger partial charge in [-0.05, 0) is 12.8 Å². The van der Waals surface area contributed by atoms with E-state index in [1.54, 1.807) is 0 Å². The first-order chi connectivity index (χ1) is 9.00. The summed E-state index contributed by atoms with van der Waals surface area (Å²) in [4.78, 5) is 34.4. The molecule has 0 saturated carbocycles. The van der Waals surface area contributed by atoms with Gasteiger partial charge in [0.05, 0.1) is 13.0 Å². The molecule has 0 aromatic carbocycles. The topological polar surface area (TPSA) is 122 Å². The molecule has 0 spiro atoms. The molecule has 1 atom stereocenters. The molecule has 1 aliphatic heterocycles. The molecular formula is C11H19N3O5. The lowest BCUT2D eigenvalue weighted by Crippen LogP contribution is -2.44. The van der Waals surface area contributed by atoms with Crippen LogP contribution in [0.3, 0.4) is 0 Å². The first kappa shape index (κ1) is 15.2. The Morgan fingerprint density at radius 1 is 1.42 bits per heavy atom. The van der Waals surface area contributed by atoms with Crippen LogP contribution in [0.5, 0.6) is 0 Å². The van der Waals surface area contributed by atoms with Gasteiger partial charge in [0.15, 0.2) is 0 Å². The molecule has 0 aliphatic carbocycles. The zero-order chi connectivity index (χ0) is 14.3. The number of carbonyl (C=O) groups excluding carboxylic acids is 2. The Morgan fingerprint density at radius 2 is 2.16 bits per heavy atom. The van der Waals surface area contributed by atoms with E-state index in [0.29, 0.717) is 13.0 Å². The second kappa shape index (κ2) is 7.57. The maximum atomic E-state index is 11.8. The van der Waals surface area contributed by atoms with Crippen molar-refractivity contribution in [2.75, 3.05) is 26.3 Å². The highest BCUT2D eigenvalue weighted by molar-refractivity contribution is 5.76. The average molecular weight is 273 g/mol. The van der Waals surface area contributed by atoms with Gasteiger partial charge in [0.1, 0.15) is 6.61 Å². The van der Waals surface area contributed by atoms with Crippen molar-refractivity contribution in [1.82, 2.24) is 10.2 Å². The summed E-state index contributed by atoms with van der Waals surface area (Å²) in [7, 11) is 0. The Balaban J connectivity index is 2.24. The van der Waals surface area contributed by atoms with Crippen molar-refractivity contribution in [1.29, 1.82) is 0 Å². The largest absolute Gasteiger partial charge is 0.481 e. The summed E-state index contributed by atoms with van der Waals surface area (Å²) in [5.74, 6) is -1.47. The molecule has 1 fully saturated rings. The number of nitrogens with zero attached hydrogens (tertiary/aromatic N) is 1. The molecule has 1 saturated heterocycles. The highest BCUT2D eigenvalue weighted by Crippen LogP contribution is 2.19. The van der Waals surface area contributed by atoms with Crippen LogP contribution in [0.25, 0.3) is 0 Å². The number of rotatable bonds is 7. The number of amides is 3. The number of urea groups is 1. The Bertz CT molecular complexity index is 347. The second-order valence-corrected chi connectivity index (χ2v) is 4.34. The van der Waals surface area contributed by atoms with Crippen molar-refractivity contribution >= 4 is 17.9 Å². The zero-order valence-corrected chi connectivity index (χ0v) is 10.6. The van der Waals surface area contributed by atoms with Crippen molar-refractivity contribution in [3.63, 3.8) is 0 Å². The maximum Gasteiger partial charge on any atom is 0.317 e. The first-order valence-corrected chi connectivity index (χ1v) is 6.13. The lowest BCUT2D eigenvalue weighted by atomic mass is 10.1. The summed E-state index contributed by atoms with van der Waals surface area (Å²) < 4.78 is 4.90. The van der Waals surface area contributed by atoms with Gasteiger partial charge in [-0.2, -0.15) is 0 Å². The fourth-order valence-corrected chi connectivity index (χ4v) is 2.02. The van der Waals surface area contributed by atoms with E-state index in [1.807, 2.05) is 0 Å². The van der Waals surface area contributed by atoms with Gasteiger partial charge < -0.3 is 25.8 Å². The van der Waals surface area contributed by atoms with E-state index in [9.17, 15) is 14.4 Å². The van der Waals surface area contributed by atoms with E-state index >= 15 is 0 Å². The van der Waals surface area contributed by atoms with Crippen LogP contribution >= 0.6 is 0 Å². The van der Waals surface area contributed by atoms with Gasteiger partial charge in [0.25, 0.3) is 0 Å². The molecule has 0 aromatic rings. The molecule has 1 aliphatic rings. The average Bonchev–Trinajstić information content (AvgIpc) is 2.75. The highest BCUT2D eigenvalue weighted by atomic mass is 16.5. The summed E-state index contributed by atoms with van der Waals surface area (Å²) >= 11 is 0. The van der Waals surface area contributed by atoms with Gasteiger partial charge in [-0.3, -0.25) is 9.59 Å². The van der Waals surface area contributed by atoms with Crippen molar-refractivity contribution in [2.45, 2.75) is 25.3 Å². The minimum Gasteiger partial charge on any atom is -0.481 e. The van der Waals surface area contributed by atoms with Gasteiger partial charge >= 0.3 is 12.0 Å². The maximum absolute atomic E-state index is 11.8. The summed E-state index contributed by atoms with van der Waals surface area (Å²) in [5.41, 5.74) is 4.88. The molecule has 3 amide bonds. The summed E-state index contributed by atoms with van der Waals surface area (Å²) in [5, 5.41) is 11.4. The van der Waals surface area contributed by atoms with Crippen molar-refractivity contribution < 1.29 is 24.2 Å². The van der Waals surface area contributed by atoms with Crippen molar-refractivity contribution in [2.24, 2.45) is 5.73 Å². The van der Waals surface area contributed by atoms with Crippen LogP contribution in [0, 0.1) is 0 Å². The Hall–Kier alpha value is -1.83. The molecule has 108 valence electrons. The monoisotopic (exact) mass is 273 g/mol. The van der Waals surface area contributed by atoms with Crippen LogP contribution in [-0.4, -0.2) is 60.3 Å². The van der Waals surface area contributed by atoms with E-state index in [1.165, 1.54) is 4.90 Å². The fraction of sp³-hybridized carbons (Fsp3) is 0.727. The highest BCUT2D eigenvalue weighted by Gasteiger charge is 2.29. The molecule has 1 heterocycles.